The van der Waals surface area contributed by atoms with Gasteiger partial charge in [-0.2, -0.15) is 0 Å². The summed E-state index contributed by atoms with van der Waals surface area (Å²) in [7, 11) is 0. The monoisotopic (exact) mass is 526 g/mol. The number of aliphatic imine (C=N–C) groups is 1. The Hall–Kier alpha value is -2.44. The average molecular weight is 528 g/mol. The summed E-state index contributed by atoms with van der Waals surface area (Å²) >= 11 is 6.75. The zero-order valence-corrected chi connectivity index (χ0v) is 20.0. The molecule has 1 heterocycles. The highest BCUT2D eigenvalue weighted by molar-refractivity contribution is 9.11. The number of phenols is 1. The summed E-state index contributed by atoms with van der Waals surface area (Å²) < 4.78 is 7.41. The van der Waals surface area contributed by atoms with Gasteiger partial charge in [-0.3, -0.25) is 4.99 Å². The molecule has 6 heteroatoms. The van der Waals surface area contributed by atoms with E-state index < -0.39 is 0 Å². The summed E-state index contributed by atoms with van der Waals surface area (Å²) in [5, 5.41) is 10.2. The van der Waals surface area contributed by atoms with Crippen LogP contribution >= 0.6 is 31.9 Å². The minimum absolute atomic E-state index is 0.0608. The molecular weight excluding hydrogens is 508 g/mol. The standard InChI is InChI=1S/C24H20Br2N2O2/c1-24(2,3)16-6-9-21-20(11-16)28-23(30-21)14-4-7-18(8-5-14)27-13-15-10-17(25)12-19(26)22(15)29/h4-13,29H,1-3H3. The van der Waals surface area contributed by atoms with Crippen molar-refractivity contribution in [3.05, 3.63) is 74.7 Å². The van der Waals surface area contributed by atoms with Crippen molar-refractivity contribution in [2.75, 3.05) is 0 Å². The summed E-state index contributed by atoms with van der Waals surface area (Å²) in [5.74, 6) is 0.736. The molecule has 1 aromatic heterocycles. The quantitative estimate of drug-likeness (QED) is 0.277. The normalized spacial score (nSPS) is 12.2. The van der Waals surface area contributed by atoms with Gasteiger partial charge in [-0.25, -0.2) is 4.98 Å². The molecule has 0 bridgehead atoms. The zero-order chi connectivity index (χ0) is 21.5. The van der Waals surface area contributed by atoms with Crippen LogP contribution in [0.1, 0.15) is 31.9 Å². The first kappa shape index (κ1) is 20.8. The Labute approximate surface area is 191 Å². The molecule has 152 valence electrons. The first-order valence-electron chi connectivity index (χ1n) is 9.44. The molecule has 3 aromatic carbocycles. The van der Waals surface area contributed by atoms with Crippen LogP contribution in [0.4, 0.5) is 5.69 Å². The highest BCUT2D eigenvalue weighted by Gasteiger charge is 2.16. The number of fused-ring (bicyclic) bond motifs is 1. The molecule has 30 heavy (non-hydrogen) atoms. The molecule has 0 fully saturated rings. The molecule has 4 nitrogen and oxygen atoms in total. The summed E-state index contributed by atoms with van der Waals surface area (Å²) in [6.45, 7) is 6.54. The first-order valence-corrected chi connectivity index (χ1v) is 11.0. The molecule has 0 amide bonds. The first-order chi connectivity index (χ1) is 14.2. The van der Waals surface area contributed by atoms with E-state index in [-0.39, 0.29) is 11.2 Å². The molecule has 0 atom stereocenters. The van der Waals surface area contributed by atoms with Crippen molar-refractivity contribution < 1.29 is 9.52 Å². The van der Waals surface area contributed by atoms with Crippen molar-refractivity contribution in [1.29, 1.82) is 0 Å². The van der Waals surface area contributed by atoms with Crippen molar-refractivity contribution in [2.24, 2.45) is 4.99 Å². The van der Waals surface area contributed by atoms with E-state index in [1.807, 2.05) is 36.4 Å². The highest BCUT2D eigenvalue weighted by atomic mass is 79.9. The Bertz CT molecular complexity index is 1250. The van der Waals surface area contributed by atoms with Gasteiger partial charge in [-0.15, -0.1) is 0 Å². The summed E-state index contributed by atoms with van der Waals surface area (Å²) in [6, 6.07) is 17.4. The van der Waals surface area contributed by atoms with Gasteiger partial charge in [-0.05, 0) is 75.4 Å². The fourth-order valence-corrected chi connectivity index (χ4v) is 4.29. The molecule has 0 aliphatic rings. The summed E-state index contributed by atoms with van der Waals surface area (Å²) in [4.78, 5) is 9.12. The van der Waals surface area contributed by atoms with Crippen molar-refractivity contribution in [1.82, 2.24) is 4.98 Å². The predicted octanol–water partition coefficient (Wildman–Crippen LogP) is 7.77. The molecule has 0 unspecified atom stereocenters. The molecule has 0 radical (unpaired) electrons. The topological polar surface area (TPSA) is 58.6 Å². The zero-order valence-electron chi connectivity index (χ0n) is 16.8. The lowest BCUT2D eigenvalue weighted by Gasteiger charge is -2.18. The predicted molar refractivity (Wildman–Crippen MR) is 129 cm³/mol. The van der Waals surface area contributed by atoms with Crippen LogP contribution < -0.4 is 0 Å². The summed E-state index contributed by atoms with van der Waals surface area (Å²) in [6.07, 6.45) is 1.63. The molecule has 0 saturated heterocycles. The third-order valence-corrected chi connectivity index (χ3v) is 5.84. The van der Waals surface area contributed by atoms with Gasteiger partial charge in [0.2, 0.25) is 5.89 Å². The van der Waals surface area contributed by atoms with Crippen LogP contribution in [0.15, 0.2) is 73.0 Å². The number of rotatable bonds is 3. The average Bonchev–Trinajstić information content (AvgIpc) is 3.12. The SMILES string of the molecule is CC(C)(C)c1ccc2oc(-c3ccc(N=Cc4cc(Br)cc(Br)c4O)cc3)nc2c1. The smallest absolute Gasteiger partial charge is 0.227 e. The lowest BCUT2D eigenvalue weighted by molar-refractivity contribution is 0.471. The maximum Gasteiger partial charge on any atom is 0.227 e. The Morgan fingerprint density at radius 3 is 2.43 bits per heavy atom. The minimum atomic E-state index is 0.0608. The fraction of sp³-hybridized carbons (Fsp3) is 0.167. The van der Waals surface area contributed by atoms with Crippen molar-refractivity contribution in [3.63, 3.8) is 0 Å². The molecule has 0 spiro atoms. The van der Waals surface area contributed by atoms with Crippen LogP contribution in [0, 0.1) is 0 Å². The van der Waals surface area contributed by atoms with E-state index in [1.54, 1.807) is 12.3 Å². The van der Waals surface area contributed by atoms with Gasteiger partial charge >= 0.3 is 0 Å². The number of phenolic OH excluding ortho intramolecular Hbond substituents is 1. The van der Waals surface area contributed by atoms with Crippen LogP contribution in [-0.2, 0) is 5.41 Å². The third kappa shape index (κ3) is 4.35. The highest BCUT2D eigenvalue weighted by Crippen LogP contribution is 2.32. The van der Waals surface area contributed by atoms with E-state index in [4.69, 9.17) is 4.42 Å². The number of oxazole rings is 1. The van der Waals surface area contributed by atoms with Crippen LogP contribution in [0.3, 0.4) is 0 Å². The number of hydrogen-bond donors (Lipinski definition) is 1. The lowest BCUT2D eigenvalue weighted by Crippen LogP contribution is -2.10. The number of hydrogen-bond acceptors (Lipinski definition) is 4. The van der Waals surface area contributed by atoms with Crippen molar-refractivity contribution in [3.8, 4) is 17.2 Å². The largest absolute Gasteiger partial charge is 0.506 e. The van der Waals surface area contributed by atoms with Gasteiger partial charge in [0.1, 0.15) is 11.3 Å². The number of benzene rings is 3. The van der Waals surface area contributed by atoms with Crippen LogP contribution in [0.25, 0.3) is 22.6 Å². The maximum atomic E-state index is 10.2. The lowest BCUT2D eigenvalue weighted by atomic mass is 9.87. The molecule has 4 rings (SSSR count). The van der Waals surface area contributed by atoms with Crippen LogP contribution in [-0.4, -0.2) is 16.3 Å². The third-order valence-electron chi connectivity index (χ3n) is 4.78. The van der Waals surface area contributed by atoms with Gasteiger partial charge in [0.25, 0.3) is 0 Å². The second-order valence-electron chi connectivity index (χ2n) is 8.08. The summed E-state index contributed by atoms with van der Waals surface area (Å²) in [5.41, 5.74) is 5.18. The van der Waals surface area contributed by atoms with Crippen LogP contribution in [0.5, 0.6) is 5.75 Å². The Kier molecular flexibility index (Phi) is 5.55. The van der Waals surface area contributed by atoms with E-state index in [1.165, 1.54) is 5.56 Å². The number of halogens is 2. The Balaban J connectivity index is 1.59. The van der Waals surface area contributed by atoms with E-state index in [9.17, 15) is 5.11 Å². The van der Waals surface area contributed by atoms with E-state index in [0.29, 0.717) is 15.9 Å². The Morgan fingerprint density at radius 1 is 1.00 bits per heavy atom. The van der Waals surface area contributed by atoms with E-state index in [0.717, 1.165) is 26.8 Å². The maximum absolute atomic E-state index is 10.2. The number of nitrogens with zero attached hydrogens (tertiary/aromatic N) is 2. The van der Waals surface area contributed by atoms with E-state index >= 15 is 0 Å². The number of aromatic hydroxyl groups is 1. The second-order valence-corrected chi connectivity index (χ2v) is 9.85. The van der Waals surface area contributed by atoms with Crippen molar-refractivity contribution in [2.45, 2.75) is 26.2 Å². The number of aromatic nitrogens is 1. The molecule has 0 aliphatic carbocycles. The van der Waals surface area contributed by atoms with Crippen molar-refractivity contribution >= 4 is 54.9 Å². The Morgan fingerprint density at radius 2 is 1.73 bits per heavy atom. The molecule has 0 aliphatic heterocycles. The van der Waals surface area contributed by atoms with Gasteiger partial charge in [-0.1, -0.05) is 42.8 Å². The second kappa shape index (κ2) is 8.00. The van der Waals surface area contributed by atoms with E-state index in [2.05, 4.69) is 74.7 Å². The van der Waals surface area contributed by atoms with Gasteiger partial charge in [0, 0.05) is 21.8 Å². The molecular formula is C24H20Br2N2O2. The fourth-order valence-electron chi connectivity index (χ4n) is 3.04. The molecule has 1 N–H and O–H groups in total. The minimum Gasteiger partial charge on any atom is -0.506 e. The van der Waals surface area contributed by atoms with Gasteiger partial charge in [0.15, 0.2) is 5.58 Å². The molecule has 0 saturated carbocycles. The van der Waals surface area contributed by atoms with Crippen LogP contribution in [0.2, 0.25) is 0 Å². The van der Waals surface area contributed by atoms with Gasteiger partial charge in [0.05, 0.1) is 10.2 Å². The van der Waals surface area contributed by atoms with Gasteiger partial charge < -0.3 is 9.52 Å². The molecule has 4 aromatic rings.